The van der Waals surface area contributed by atoms with Crippen LogP contribution in [0.25, 0.3) is 10.4 Å². The van der Waals surface area contributed by atoms with Crippen molar-refractivity contribution in [2.24, 2.45) is 0 Å². The Hall–Kier alpha value is -3.39. The van der Waals surface area contributed by atoms with Gasteiger partial charge in [-0.2, -0.15) is 0 Å². The molecule has 0 aliphatic carbocycles. The van der Waals surface area contributed by atoms with Crippen molar-refractivity contribution in [1.82, 2.24) is 5.32 Å². The number of ether oxygens (including phenoxy) is 3. The van der Waals surface area contributed by atoms with Crippen LogP contribution in [0.1, 0.15) is 32.5 Å². The molecule has 32 heavy (non-hydrogen) atoms. The van der Waals surface area contributed by atoms with Gasteiger partial charge in [0.1, 0.15) is 17.7 Å². The van der Waals surface area contributed by atoms with E-state index in [2.05, 4.69) is 5.32 Å². The normalized spacial score (nSPS) is 14.4. The maximum atomic E-state index is 14.3. The van der Waals surface area contributed by atoms with E-state index in [9.17, 15) is 14.0 Å². The number of hydrogen-bond donors (Lipinski definition) is 1. The molecule has 0 bridgehead atoms. The number of rotatable bonds is 7. The minimum Gasteiger partial charge on any atom is -0.493 e. The van der Waals surface area contributed by atoms with Crippen molar-refractivity contribution in [2.75, 3.05) is 20.8 Å². The molecule has 4 rings (SSSR count). The number of Topliss-reactive ketones (excluding diaryl/α,β-unsaturated/α-hetero) is 1. The highest BCUT2D eigenvalue weighted by atomic mass is 32.1. The van der Waals surface area contributed by atoms with Crippen LogP contribution in [0, 0.1) is 5.82 Å². The Balaban J connectivity index is 1.50. The number of nitrogens with one attached hydrogen (secondary N) is 1. The van der Waals surface area contributed by atoms with Crippen molar-refractivity contribution >= 4 is 23.0 Å². The Kier molecular flexibility index (Phi) is 6.14. The summed E-state index contributed by atoms with van der Waals surface area (Å²) in [6.07, 6.45) is 0.110. The Morgan fingerprint density at radius 2 is 2.00 bits per heavy atom. The molecule has 0 saturated heterocycles. The van der Waals surface area contributed by atoms with Crippen molar-refractivity contribution in [2.45, 2.75) is 19.4 Å². The van der Waals surface area contributed by atoms with Crippen LogP contribution in [0.3, 0.4) is 0 Å². The zero-order chi connectivity index (χ0) is 22.8. The lowest BCUT2D eigenvalue weighted by molar-refractivity contribution is 0.0929. The molecule has 0 unspecified atom stereocenters. The summed E-state index contributed by atoms with van der Waals surface area (Å²) in [7, 11) is 2.98. The van der Waals surface area contributed by atoms with Gasteiger partial charge in [0.15, 0.2) is 17.3 Å². The number of carbonyl (C=O) groups excluding carboxylic acids is 2. The second kappa shape index (κ2) is 9.00. The molecule has 3 aromatic rings. The Morgan fingerprint density at radius 3 is 2.69 bits per heavy atom. The van der Waals surface area contributed by atoms with Gasteiger partial charge in [-0.05, 0) is 43.3 Å². The molecular formula is C24H22FNO5S. The topological polar surface area (TPSA) is 73.9 Å². The average molecular weight is 456 g/mol. The van der Waals surface area contributed by atoms with Gasteiger partial charge in [0, 0.05) is 22.4 Å². The first-order chi connectivity index (χ1) is 15.4. The molecular weight excluding hydrogens is 433 g/mol. The van der Waals surface area contributed by atoms with E-state index in [-0.39, 0.29) is 30.2 Å². The molecule has 1 aliphatic rings. The summed E-state index contributed by atoms with van der Waals surface area (Å²) >= 11 is 1.30. The maximum absolute atomic E-state index is 14.3. The van der Waals surface area contributed by atoms with Crippen molar-refractivity contribution in [3.8, 4) is 27.7 Å². The summed E-state index contributed by atoms with van der Waals surface area (Å²) in [5, 5.41) is 2.86. The molecule has 1 N–H and O–H groups in total. The number of thiophene rings is 1. The second-order valence-corrected chi connectivity index (χ2v) is 8.44. The first-order valence-corrected chi connectivity index (χ1v) is 10.8. The van der Waals surface area contributed by atoms with E-state index in [0.29, 0.717) is 39.7 Å². The number of amides is 1. The van der Waals surface area contributed by atoms with Crippen LogP contribution < -0.4 is 19.5 Å². The van der Waals surface area contributed by atoms with Gasteiger partial charge in [-0.3, -0.25) is 9.59 Å². The van der Waals surface area contributed by atoms with Crippen LogP contribution in [0.15, 0.2) is 42.5 Å². The number of halogens is 1. The van der Waals surface area contributed by atoms with Gasteiger partial charge in [-0.25, -0.2) is 4.39 Å². The number of para-hydroxylation sites is 1. The van der Waals surface area contributed by atoms with Gasteiger partial charge < -0.3 is 19.5 Å². The van der Waals surface area contributed by atoms with Crippen LogP contribution in [-0.2, 0) is 6.42 Å². The third-order valence-corrected chi connectivity index (χ3v) is 6.44. The van der Waals surface area contributed by atoms with Crippen LogP contribution in [0.2, 0.25) is 0 Å². The number of carbonyl (C=O) groups is 2. The Morgan fingerprint density at radius 1 is 1.19 bits per heavy atom. The SMILES string of the molecule is COc1cccc(C(=O)NC[C@H]2Cc3cc(F)cc(-c4ccc(C(C)=O)s4)c3O2)c1OC. The van der Waals surface area contributed by atoms with E-state index in [1.165, 1.54) is 44.6 Å². The molecule has 1 amide bonds. The molecule has 0 fully saturated rings. The zero-order valence-corrected chi connectivity index (χ0v) is 18.7. The van der Waals surface area contributed by atoms with E-state index in [4.69, 9.17) is 14.2 Å². The second-order valence-electron chi connectivity index (χ2n) is 7.36. The zero-order valence-electron chi connectivity index (χ0n) is 17.9. The first kappa shape index (κ1) is 21.8. The molecule has 0 saturated carbocycles. The number of benzene rings is 2. The number of methoxy groups -OCH3 is 2. The minimum absolute atomic E-state index is 0.0382. The van der Waals surface area contributed by atoms with Crippen molar-refractivity contribution in [1.29, 1.82) is 0 Å². The molecule has 0 spiro atoms. The number of hydrogen-bond acceptors (Lipinski definition) is 6. The highest BCUT2D eigenvalue weighted by Gasteiger charge is 2.28. The van der Waals surface area contributed by atoms with Crippen molar-refractivity contribution in [3.63, 3.8) is 0 Å². The van der Waals surface area contributed by atoms with E-state index in [1.807, 2.05) is 0 Å². The van der Waals surface area contributed by atoms with E-state index in [0.717, 1.165) is 10.4 Å². The van der Waals surface area contributed by atoms with E-state index in [1.54, 1.807) is 30.3 Å². The summed E-state index contributed by atoms with van der Waals surface area (Å²) in [4.78, 5) is 25.7. The third-order valence-electron chi connectivity index (χ3n) is 5.22. The highest BCUT2D eigenvalue weighted by molar-refractivity contribution is 7.17. The molecule has 1 aromatic heterocycles. The lowest BCUT2D eigenvalue weighted by Crippen LogP contribution is -2.34. The van der Waals surface area contributed by atoms with Gasteiger partial charge in [0.05, 0.1) is 31.2 Å². The molecule has 1 atom stereocenters. The fraction of sp³-hybridized carbons (Fsp3) is 0.250. The Labute approximate surface area is 188 Å². The maximum Gasteiger partial charge on any atom is 0.255 e. The molecule has 166 valence electrons. The van der Waals surface area contributed by atoms with Gasteiger partial charge in [0.25, 0.3) is 5.91 Å². The standard InChI is InChI=1S/C24H22FNO5S/c1-13(27)20-7-8-21(32-20)18-11-15(25)9-14-10-16(31-22(14)18)12-26-24(28)17-5-4-6-19(29-2)23(17)30-3/h4-9,11,16H,10,12H2,1-3H3,(H,26,28)/t16-/m1/s1. The minimum atomic E-state index is -0.370. The number of ketones is 1. The molecule has 2 aromatic carbocycles. The molecule has 1 aliphatic heterocycles. The van der Waals surface area contributed by atoms with Crippen LogP contribution >= 0.6 is 11.3 Å². The van der Waals surface area contributed by atoms with Crippen molar-refractivity contribution in [3.05, 3.63) is 64.3 Å². The predicted octanol–water partition coefficient (Wildman–Crippen LogP) is 4.51. The Bertz CT molecular complexity index is 1190. The molecule has 2 heterocycles. The van der Waals surface area contributed by atoms with Crippen LogP contribution in [-0.4, -0.2) is 38.6 Å². The summed E-state index contributed by atoms with van der Waals surface area (Å²) in [6.45, 7) is 1.73. The predicted molar refractivity (Wildman–Crippen MR) is 120 cm³/mol. The number of fused-ring (bicyclic) bond motifs is 1. The van der Waals surface area contributed by atoms with E-state index >= 15 is 0 Å². The third kappa shape index (κ3) is 4.18. The van der Waals surface area contributed by atoms with Crippen molar-refractivity contribution < 1.29 is 28.2 Å². The molecule has 8 heteroatoms. The van der Waals surface area contributed by atoms with Gasteiger partial charge in [0.2, 0.25) is 0 Å². The van der Waals surface area contributed by atoms with Gasteiger partial charge in [-0.1, -0.05) is 6.07 Å². The molecule has 6 nitrogen and oxygen atoms in total. The monoisotopic (exact) mass is 455 g/mol. The summed E-state index contributed by atoms with van der Waals surface area (Å²) in [5.74, 6) is 0.671. The van der Waals surface area contributed by atoms with Crippen LogP contribution in [0.5, 0.6) is 17.2 Å². The summed E-state index contributed by atoms with van der Waals surface area (Å²) in [5.41, 5.74) is 1.70. The average Bonchev–Trinajstić information content (AvgIpc) is 3.43. The fourth-order valence-corrected chi connectivity index (χ4v) is 4.65. The summed E-state index contributed by atoms with van der Waals surface area (Å²) in [6, 6.07) is 11.5. The lowest BCUT2D eigenvalue weighted by Gasteiger charge is -2.15. The highest BCUT2D eigenvalue weighted by Crippen LogP contribution is 2.42. The van der Waals surface area contributed by atoms with Gasteiger partial charge in [-0.15, -0.1) is 11.3 Å². The largest absolute Gasteiger partial charge is 0.493 e. The quantitative estimate of drug-likeness (QED) is 0.531. The summed E-state index contributed by atoms with van der Waals surface area (Å²) < 4.78 is 30.9. The smallest absolute Gasteiger partial charge is 0.255 e. The lowest BCUT2D eigenvalue weighted by atomic mass is 10.0. The fourth-order valence-electron chi connectivity index (χ4n) is 3.73. The molecule has 0 radical (unpaired) electrons. The van der Waals surface area contributed by atoms with E-state index < -0.39 is 0 Å². The van der Waals surface area contributed by atoms with Crippen LogP contribution in [0.4, 0.5) is 4.39 Å². The first-order valence-electron chi connectivity index (χ1n) is 10.0. The van der Waals surface area contributed by atoms with Gasteiger partial charge >= 0.3 is 0 Å².